The van der Waals surface area contributed by atoms with Crippen LogP contribution in [0.3, 0.4) is 0 Å². The van der Waals surface area contributed by atoms with E-state index in [9.17, 15) is 4.79 Å². The van der Waals surface area contributed by atoms with E-state index in [0.717, 1.165) is 16.9 Å². The molecule has 0 bridgehead atoms. The van der Waals surface area contributed by atoms with E-state index in [1.54, 1.807) is 4.68 Å². The van der Waals surface area contributed by atoms with Crippen molar-refractivity contribution >= 4 is 17.5 Å². The number of amides is 1. The Labute approximate surface area is 190 Å². The van der Waals surface area contributed by atoms with Gasteiger partial charge in [-0.1, -0.05) is 65.8 Å². The number of benzene rings is 3. The average molecular weight is 438 g/mol. The van der Waals surface area contributed by atoms with Crippen molar-refractivity contribution in [2.75, 3.05) is 10.6 Å². The Bertz CT molecular complexity index is 1280. The highest BCUT2D eigenvalue weighted by molar-refractivity contribution is 6.06. The molecule has 0 aliphatic carbocycles. The monoisotopic (exact) mass is 438 g/mol. The van der Waals surface area contributed by atoms with Gasteiger partial charge in [-0.2, -0.15) is 4.68 Å². The Morgan fingerprint density at radius 2 is 1.70 bits per heavy atom. The molecule has 3 aromatic carbocycles. The summed E-state index contributed by atoms with van der Waals surface area (Å²) < 4.78 is 7.53. The molecule has 8 nitrogen and oxygen atoms in total. The first-order valence-electron chi connectivity index (χ1n) is 10.6. The number of para-hydroxylation sites is 1. The third kappa shape index (κ3) is 4.31. The predicted octanol–water partition coefficient (Wildman–Crippen LogP) is 4.18. The number of fused-ring (bicyclic) bond motifs is 1. The van der Waals surface area contributed by atoms with Gasteiger partial charge < -0.3 is 15.4 Å². The molecule has 1 aromatic heterocycles. The van der Waals surface area contributed by atoms with Crippen molar-refractivity contribution in [2.24, 2.45) is 0 Å². The SMILES string of the molecule is CC1=C(C(=O)Nc2ccccc2)C(c2ccc(OCc3ccccc3)cc2)n2nnnc2N1. The van der Waals surface area contributed by atoms with E-state index in [1.807, 2.05) is 91.9 Å². The zero-order valence-electron chi connectivity index (χ0n) is 18.0. The number of carbonyl (C=O) groups excluding carboxylic acids is 1. The van der Waals surface area contributed by atoms with E-state index in [4.69, 9.17) is 4.74 Å². The van der Waals surface area contributed by atoms with Crippen LogP contribution in [-0.4, -0.2) is 26.1 Å². The molecule has 164 valence electrons. The molecule has 0 spiro atoms. The normalized spacial score (nSPS) is 14.9. The minimum absolute atomic E-state index is 0.221. The molecule has 1 amide bonds. The van der Waals surface area contributed by atoms with E-state index < -0.39 is 6.04 Å². The highest BCUT2D eigenvalue weighted by Gasteiger charge is 2.34. The topological polar surface area (TPSA) is 94.0 Å². The molecule has 33 heavy (non-hydrogen) atoms. The number of carbonyl (C=O) groups is 1. The van der Waals surface area contributed by atoms with Gasteiger partial charge in [0.2, 0.25) is 5.95 Å². The Morgan fingerprint density at radius 1 is 1.00 bits per heavy atom. The van der Waals surface area contributed by atoms with Crippen molar-refractivity contribution in [2.45, 2.75) is 19.6 Å². The molecule has 1 aliphatic rings. The van der Waals surface area contributed by atoms with Crippen molar-refractivity contribution in [3.8, 4) is 5.75 Å². The second-order valence-corrected chi connectivity index (χ2v) is 7.68. The van der Waals surface area contributed by atoms with Gasteiger partial charge in [-0.15, -0.1) is 0 Å². The number of ether oxygens (including phenoxy) is 1. The lowest BCUT2D eigenvalue weighted by atomic mass is 9.95. The lowest BCUT2D eigenvalue weighted by Crippen LogP contribution is -2.31. The van der Waals surface area contributed by atoms with Crippen LogP contribution in [0, 0.1) is 0 Å². The molecule has 0 fully saturated rings. The lowest BCUT2D eigenvalue weighted by molar-refractivity contribution is -0.113. The van der Waals surface area contributed by atoms with Crippen LogP contribution in [0.4, 0.5) is 11.6 Å². The number of tetrazole rings is 1. The molecular weight excluding hydrogens is 416 g/mol. The first-order valence-corrected chi connectivity index (χ1v) is 10.6. The molecule has 2 N–H and O–H groups in total. The average Bonchev–Trinajstić information content (AvgIpc) is 3.31. The zero-order chi connectivity index (χ0) is 22.6. The largest absolute Gasteiger partial charge is 0.489 e. The summed E-state index contributed by atoms with van der Waals surface area (Å²) in [5.41, 5.74) is 3.91. The van der Waals surface area contributed by atoms with Crippen LogP contribution in [0.5, 0.6) is 5.75 Å². The maximum absolute atomic E-state index is 13.3. The van der Waals surface area contributed by atoms with Gasteiger partial charge in [0, 0.05) is 11.4 Å². The second kappa shape index (κ2) is 8.96. The highest BCUT2D eigenvalue weighted by atomic mass is 16.5. The number of anilines is 2. The van der Waals surface area contributed by atoms with Gasteiger partial charge in [0.05, 0.1) is 5.57 Å². The van der Waals surface area contributed by atoms with Crippen LogP contribution in [0.15, 0.2) is 96.2 Å². The van der Waals surface area contributed by atoms with Crippen LogP contribution in [0.25, 0.3) is 0 Å². The lowest BCUT2D eigenvalue weighted by Gasteiger charge is -2.28. The molecule has 1 atom stereocenters. The van der Waals surface area contributed by atoms with Gasteiger partial charge >= 0.3 is 0 Å². The van der Waals surface area contributed by atoms with Gasteiger partial charge in [-0.05, 0) is 52.7 Å². The van der Waals surface area contributed by atoms with Crippen LogP contribution in [-0.2, 0) is 11.4 Å². The minimum Gasteiger partial charge on any atom is -0.489 e. The van der Waals surface area contributed by atoms with Gasteiger partial charge in [-0.3, -0.25) is 4.79 Å². The number of aromatic nitrogens is 4. The Balaban J connectivity index is 1.42. The summed E-state index contributed by atoms with van der Waals surface area (Å²) in [4.78, 5) is 13.3. The van der Waals surface area contributed by atoms with Crippen molar-refractivity contribution in [3.05, 3.63) is 107 Å². The molecule has 0 saturated heterocycles. The molecule has 1 unspecified atom stereocenters. The zero-order valence-corrected chi connectivity index (χ0v) is 18.0. The molecule has 4 aromatic rings. The van der Waals surface area contributed by atoms with Gasteiger partial charge in [0.25, 0.3) is 5.91 Å². The minimum atomic E-state index is -0.483. The van der Waals surface area contributed by atoms with Gasteiger partial charge in [0.15, 0.2) is 0 Å². The number of rotatable bonds is 6. The molecule has 0 saturated carbocycles. The molecule has 8 heteroatoms. The van der Waals surface area contributed by atoms with Crippen LogP contribution >= 0.6 is 0 Å². The summed E-state index contributed by atoms with van der Waals surface area (Å²) >= 11 is 0. The van der Waals surface area contributed by atoms with E-state index in [2.05, 4.69) is 26.2 Å². The molecular formula is C25H22N6O2. The predicted molar refractivity (Wildman–Crippen MR) is 125 cm³/mol. The summed E-state index contributed by atoms with van der Waals surface area (Å²) in [6.45, 7) is 2.33. The van der Waals surface area contributed by atoms with E-state index in [1.165, 1.54) is 0 Å². The number of hydrogen-bond donors (Lipinski definition) is 2. The van der Waals surface area contributed by atoms with Crippen molar-refractivity contribution in [3.63, 3.8) is 0 Å². The third-order valence-electron chi connectivity index (χ3n) is 5.43. The van der Waals surface area contributed by atoms with Crippen molar-refractivity contribution < 1.29 is 9.53 Å². The molecule has 5 rings (SSSR count). The number of hydrogen-bond acceptors (Lipinski definition) is 6. The first kappa shape index (κ1) is 20.4. The van der Waals surface area contributed by atoms with E-state index in [-0.39, 0.29) is 5.91 Å². The number of nitrogens with one attached hydrogen (secondary N) is 2. The van der Waals surface area contributed by atoms with Crippen LogP contribution in [0.1, 0.15) is 24.1 Å². The fourth-order valence-electron chi connectivity index (χ4n) is 3.82. The fraction of sp³-hybridized carbons (Fsp3) is 0.120. The Morgan fingerprint density at radius 3 is 2.42 bits per heavy atom. The Kier molecular flexibility index (Phi) is 5.55. The van der Waals surface area contributed by atoms with Crippen molar-refractivity contribution in [1.82, 2.24) is 20.2 Å². The summed E-state index contributed by atoms with van der Waals surface area (Å²) in [6, 6.07) is 26.5. The van der Waals surface area contributed by atoms with Crippen LogP contribution < -0.4 is 15.4 Å². The van der Waals surface area contributed by atoms with E-state index >= 15 is 0 Å². The summed E-state index contributed by atoms with van der Waals surface area (Å²) in [5.74, 6) is 1.00. The first-order chi connectivity index (χ1) is 16.2. The smallest absolute Gasteiger partial charge is 0.255 e. The third-order valence-corrected chi connectivity index (χ3v) is 5.43. The molecule has 2 heterocycles. The van der Waals surface area contributed by atoms with E-state index in [0.29, 0.717) is 29.5 Å². The Hall–Kier alpha value is -4.46. The summed E-state index contributed by atoms with van der Waals surface area (Å²) in [6.07, 6.45) is 0. The number of allylic oxidation sites excluding steroid dienone is 1. The van der Waals surface area contributed by atoms with Gasteiger partial charge in [-0.25, -0.2) is 0 Å². The highest BCUT2D eigenvalue weighted by Crippen LogP contribution is 2.35. The molecule has 1 aliphatic heterocycles. The van der Waals surface area contributed by atoms with Gasteiger partial charge in [0.1, 0.15) is 18.4 Å². The standard InChI is InChI=1S/C25H22N6O2/c1-17-22(24(32)27-20-10-6-3-7-11-20)23(31-25(26-17)28-29-30-31)19-12-14-21(15-13-19)33-16-18-8-4-2-5-9-18/h2-15,23H,16H2,1H3,(H,27,32)(H,26,28,30). The maximum Gasteiger partial charge on any atom is 0.255 e. The maximum atomic E-state index is 13.3. The van der Waals surface area contributed by atoms with Crippen molar-refractivity contribution in [1.29, 1.82) is 0 Å². The number of nitrogens with zero attached hydrogens (tertiary/aromatic N) is 4. The quantitative estimate of drug-likeness (QED) is 0.469. The second-order valence-electron chi connectivity index (χ2n) is 7.68. The van der Waals surface area contributed by atoms with Crippen LogP contribution in [0.2, 0.25) is 0 Å². The fourth-order valence-corrected chi connectivity index (χ4v) is 3.82. The summed E-state index contributed by atoms with van der Waals surface area (Å²) in [7, 11) is 0. The molecule has 0 radical (unpaired) electrons. The summed E-state index contributed by atoms with van der Waals surface area (Å²) in [5, 5.41) is 18.1.